The number of halogens is 4. The number of allylic oxidation sites excluding steroid dienone is 1. The van der Waals surface area contributed by atoms with Crippen LogP contribution in [0.15, 0.2) is 11.6 Å². The van der Waals surface area contributed by atoms with E-state index < -0.39 is 4.87 Å². The van der Waals surface area contributed by atoms with Gasteiger partial charge in [-0.3, -0.25) is 0 Å². The quantitative estimate of drug-likeness (QED) is 0.606. The predicted molar refractivity (Wildman–Crippen MR) is 65.9 cm³/mol. The van der Waals surface area contributed by atoms with E-state index in [9.17, 15) is 0 Å². The maximum atomic E-state index is 6.34. The third kappa shape index (κ3) is 2.52. The Morgan fingerprint density at radius 1 is 1.21 bits per heavy atom. The summed E-state index contributed by atoms with van der Waals surface area (Å²) in [5.41, 5.74) is 1.35. The zero-order valence-corrected chi connectivity index (χ0v) is 11.3. The van der Waals surface area contributed by atoms with Crippen LogP contribution in [0.25, 0.3) is 0 Å². The van der Waals surface area contributed by atoms with Crippen molar-refractivity contribution in [3.05, 3.63) is 11.6 Å². The highest BCUT2D eigenvalue weighted by Crippen LogP contribution is 2.49. The molecule has 0 aromatic rings. The van der Waals surface area contributed by atoms with Crippen LogP contribution in [-0.2, 0) is 0 Å². The van der Waals surface area contributed by atoms with E-state index in [0.717, 1.165) is 6.42 Å². The van der Waals surface area contributed by atoms with Crippen LogP contribution in [0.2, 0.25) is 0 Å². The Balaban J connectivity index is 2.89. The first-order valence-corrected chi connectivity index (χ1v) is 6.25. The van der Waals surface area contributed by atoms with E-state index in [1.54, 1.807) is 0 Å². The van der Waals surface area contributed by atoms with Crippen LogP contribution in [-0.4, -0.2) is 15.6 Å². The van der Waals surface area contributed by atoms with Gasteiger partial charge in [0, 0.05) is 16.3 Å². The smallest absolute Gasteiger partial charge is 0.0591 e. The molecule has 1 saturated carbocycles. The summed E-state index contributed by atoms with van der Waals surface area (Å²) < 4.78 is 0. The van der Waals surface area contributed by atoms with Gasteiger partial charge in [0.05, 0.1) is 10.3 Å². The molecule has 1 rings (SSSR count). The fourth-order valence-corrected chi connectivity index (χ4v) is 3.31. The minimum absolute atomic E-state index is 0.00757. The van der Waals surface area contributed by atoms with Gasteiger partial charge in [0.1, 0.15) is 0 Å². The fraction of sp³-hybridized carbons (Fsp3) is 0.800. The summed E-state index contributed by atoms with van der Waals surface area (Å²) in [5.74, 6) is 0. The Morgan fingerprint density at radius 2 is 1.79 bits per heavy atom. The predicted octanol–water partition coefficient (Wildman–Crippen LogP) is 4.75. The third-order valence-electron chi connectivity index (χ3n) is 2.95. The Kier molecular flexibility index (Phi) is 4.09. The molecule has 0 bridgehead atoms. The molecule has 0 unspecified atom stereocenters. The van der Waals surface area contributed by atoms with Crippen molar-refractivity contribution in [2.45, 2.75) is 42.3 Å². The molecule has 0 spiro atoms. The van der Waals surface area contributed by atoms with Crippen LogP contribution in [0.5, 0.6) is 0 Å². The van der Waals surface area contributed by atoms with Gasteiger partial charge in [-0.25, -0.2) is 0 Å². The van der Waals surface area contributed by atoms with Gasteiger partial charge in [-0.05, 0) is 19.8 Å². The van der Waals surface area contributed by atoms with Crippen molar-refractivity contribution in [3.8, 4) is 0 Å². The summed E-state index contributed by atoms with van der Waals surface area (Å²) in [5, 5.41) is -0.0877. The van der Waals surface area contributed by atoms with E-state index in [0.29, 0.717) is 6.42 Å². The largest absolute Gasteiger partial charge is 0.122 e. The van der Waals surface area contributed by atoms with Gasteiger partial charge in [0.25, 0.3) is 0 Å². The molecule has 4 heteroatoms. The van der Waals surface area contributed by atoms with E-state index in [1.807, 2.05) is 13.0 Å². The Bertz CT molecular complexity index is 236. The highest BCUT2D eigenvalue weighted by atomic mass is 35.5. The second kappa shape index (κ2) is 4.41. The maximum absolute atomic E-state index is 6.34. The van der Waals surface area contributed by atoms with E-state index in [2.05, 4.69) is 6.92 Å². The molecule has 0 aromatic carbocycles. The first kappa shape index (κ1) is 13.0. The monoisotopic (exact) mass is 274 g/mol. The average Bonchev–Trinajstić information content (AvgIpc) is 2.01. The third-order valence-corrected chi connectivity index (χ3v) is 4.92. The summed E-state index contributed by atoms with van der Waals surface area (Å²) in [6.07, 6.45) is 3.36. The summed E-state index contributed by atoms with van der Waals surface area (Å²) in [6.45, 7) is 4.02. The number of hydrogen-bond donors (Lipinski definition) is 0. The molecule has 0 nitrogen and oxygen atoms in total. The Morgan fingerprint density at radius 3 is 2.29 bits per heavy atom. The molecule has 0 aliphatic heterocycles. The Labute approximate surface area is 106 Å². The van der Waals surface area contributed by atoms with Crippen molar-refractivity contribution in [2.24, 2.45) is 5.41 Å². The topological polar surface area (TPSA) is 0 Å². The van der Waals surface area contributed by atoms with Crippen LogP contribution >= 0.6 is 46.4 Å². The highest BCUT2D eigenvalue weighted by Gasteiger charge is 2.47. The van der Waals surface area contributed by atoms with Gasteiger partial charge in [-0.2, -0.15) is 0 Å². The van der Waals surface area contributed by atoms with Gasteiger partial charge in [0.2, 0.25) is 0 Å². The molecule has 82 valence electrons. The zero-order chi connectivity index (χ0) is 11.0. The minimum atomic E-state index is -0.405. The summed E-state index contributed by atoms with van der Waals surface area (Å²) in [4.78, 5) is -0.405. The molecule has 0 radical (unpaired) electrons. The van der Waals surface area contributed by atoms with Crippen molar-refractivity contribution < 1.29 is 0 Å². The van der Waals surface area contributed by atoms with Crippen LogP contribution in [0.3, 0.4) is 0 Å². The van der Waals surface area contributed by atoms with Crippen molar-refractivity contribution in [1.29, 1.82) is 0 Å². The molecule has 14 heavy (non-hydrogen) atoms. The van der Waals surface area contributed by atoms with E-state index >= 15 is 0 Å². The molecular weight excluding hydrogens is 262 g/mol. The van der Waals surface area contributed by atoms with Crippen molar-refractivity contribution in [2.75, 3.05) is 0 Å². The number of hydrogen-bond acceptors (Lipinski definition) is 0. The summed E-state index contributed by atoms with van der Waals surface area (Å²) >= 11 is 24.4. The molecule has 0 saturated heterocycles. The van der Waals surface area contributed by atoms with Crippen molar-refractivity contribution in [3.63, 3.8) is 0 Å². The zero-order valence-electron chi connectivity index (χ0n) is 8.24. The molecule has 0 N–H and O–H groups in total. The van der Waals surface area contributed by atoms with E-state index in [1.165, 1.54) is 5.54 Å². The molecule has 4 atom stereocenters. The highest BCUT2D eigenvalue weighted by molar-refractivity contribution is 6.33. The van der Waals surface area contributed by atoms with Crippen molar-refractivity contribution in [1.82, 2.24) is 0 Å². The van der Waals surface area contributed by atoms with Crippen molar-refractivity contribution >= 4 is 46.4 Å². The summed E-state index contributed by atoms with van der Waals surface area (Å²) in [7, 11) is 0. The van der Waals surface area contributed by atoms with Gasteiger partial charge >= 0.3 is 0 Å². The van der Waals surface area contributed by atoms with Crippen LogP contribution in [0, 0.1) is 5.41 Å². The molecule has 1 aliphatic carbocycles. The second-order valence-corrected chi connectivity index (χ2v) is 6.59. The summed E-state index contributed by atoms with van der Waals surface area (Å²) in [6, 6.07) is 0. The number of alkyl halides is 3. The van der Waals surface area contributed by atoms with Gasteiger partial charge in [0.15, 0.2) is 0 Å². The SMILES string of the molecule is C[C@@]1(Cl)C[C@@](C)(/C=C/Cl)[C@H](Cl)C[C@H]1Cl. The van der Waals surface area contributed by atoms with Crippen LogP contribution in [0.4, 0.5) is 0 Å². The second-order valence-electron chi connectivity index (χ2n) is 4.42. The molecular formula is C10H14Cl4. The Hall–Kier alpha value is 0.900. The molecule has 0 heterocycles. The van der Waals surface area contributed by atoms with Gasteiger partial charge < -0.3 is 0 Å². The fourth-order valence-electron chi connectivity index (χ4n) is 1.97. The van der Waals surface area contributed by atoms with Crippen LogP contribution < -0.4 is 0 Å². The molecule has 0 aromatic heterocycles. The lowest BCUT2D eigenvalue weighted by molar-refractivity contribution is 0.253. The lowest BCUT2D eigenvalue weighted by Crippen LogP contribution is -2.47. The standard InChI is InChI=1S/C10H14Cl4/c1-9(3-4-11)6-10(2,14)8(13)5-7(9)12/h3-4,7-8H,5-6H2,1-2H3/b4-3+/t7-,8-,9-,10-/m1/s1. The normalized spacial score (nSPS) is 49.9. The first-order valence-electron chi connectivity index (χ1n) is 4.57. The first-order chi connectivity index (χ1) is 6.32. The lowest BCUT2D eigenvalue weighted by Gasteiger charge is -2.45. The lowest BCUT2D eigenvalue weighted by atomic mass is 9.70. The van der Waals surface area contributed by atoms with E-state index in [4.69, 9.17) is 46.4 Å². The van der Waals surface area contributed by atoms with Gasteiger partial charge in [-0.1, -0.05) is 24.6 Å². The average molecular weight is 276 g/mol. The number of rotatable bonds is 1. The minimum Gasteiger partial charge on any atom is -0.122 e. The maximum Gasteiger partial charge on any atom is 0.0591 e. The molecule has 0 amide bonds. The molecule has 1 fully saturated rings. The van der Waals surface area contributed by atoms with E-state index in [-0.39, 0.29) is 16.2 Å². The van der Waals surface area contributed by atoms with Crippen LogP contribution in [0.1, 0.15) is 26.7 Å². The molecule has 1 aliphatic rings. The van der Waals surface area contributed by atoms with Gasteiger partial charge in [-0.15, -0.1) is 34.8 Å².